The Balaban J connectivity index is 1.87. The highest BCUT2D eigenvalue weighted by molar-refractivity contribution is 7.89. The van der Waals surface area contributed by atoms with Gasteiger partial charge in [0, 0.05) is 24.0 Å². The zero-order valence-corrected chi connectivity index (χ0v) is 19.8. The van der Waals surface area contributed by atoms with Crippen LogP contribution in [0.1, 0.15) is 54.5 Å². The van der Waals surface area contributed by atoms with E-state index >= 15 is 0 Å². The minimum Gasteiger partial charge on any atom is -0.460 e. The van der Waals surface area contributed by atoms with Crippen molar-refractivity contribution >= 4 is 38.6 Å². The molecule has 0 aliphatic carbocycles. The fourth-order valence-corrected chi connectivity index (χ4v) is 4.89. The summed E-state index contributed by atoms with van der Waals surface area (Å²) in [6.07, 6.45) is 1.66. The van der Waals surface area contributed by atoms with E-state index < -0.39 is 21.9 Å². The summed E-state index contributed by atoms with van der Waals surface area (Å²) in [6, 6.07) is 12.7. The third-order valence-corrected chi connectivity index (χ3v) is 7.15. The van der Waals surface area contributed by atoms with Crippen molar-refractivity contribution in [2.75, 3.05) is 25.0 Å². The molecule has 3 aromatic rings. The van der Waals surface area contributed by atoms with Crippen LogP contribution in [0.3, 0.4) is 0 Å². The number of hydrogen-bond acceptors (Lipinski definition) is 6. The quantitative estimate of drug-likeness (QED) is 0.430. The summed E-state index contributed by atoms with van der Waals surface area (Å²) in [4.78, 5) is 25.4. The predicted molar refractivity (Wildman–Crippen MR) is 126 cm³/mol. The Labute approximate surface area is 193 Å². The summed E-state index contributed by atoms with van der Waals surface area (Å²) in [6.45, 7) is 6.45. The van der Waals surface area contributed by atoms with Crippen molar-refractivity contribution in [1.82, 2.24) is 4.31 Å². The number of carbonyl (C=O) groups is 2. The lowest BCUT2D eigenvalue weighted by Crippen LogP contribution is -2.31. The first-order valence-electron chi connectivity index (χ1n) is 10.9. The number of nitrogens with one attached hydrogen (secondary N) is 1. The minimum absolute atomic E-state index is 0.0971. The molecule has 0 bridgehead atoms. The molecule has 0 unspecified atom stereocenters. The Morgan fingerprint density at radius 1 is 1.03 bits per heavy atom. The van der Waals surface area contributed by atoms with Crippen molar-refractivity contribution in [2.24, 2.45) is 0 Å². The maximum Gasteiger partial charge on any atom is 0.376 e. The van der Waals surface area contributed by atoms with E-state index in [0.29, 0.717) is 24.1 Å². The Kier molecular flexibility index (Phi) is 7.88. The van der Waals surface area contributed by atoms with Gasteiger partial charge < -0.3 is 14.5 Å². The molecule has 1 amide bonds. The first-order chi connectivity index (χ1) is 15.8. The molecule has 0 aliphatic heterocycles. The Bertz CT molecular complexity index is 1230. The van der Waals surface area contributed by atoms with E-state index in [1.807, 2.05) is 6.92 Å². The highest BCUT2D eigenvalue weighted by Gasteiger charge is 2.25. The van der Waals surface area contributed by atoms with Gasteiger partial charge in [-0.3, -0.25) is 4.79 Å². The van der Waals surface area contributed by atoms with Gasteiger partial charge in [-0.25, -0.2) is 13.2 Å². The van der Waals surface area contributed by atoms with Gasteiger partial charge in [-0.05, 0) is 49.7 Å². The van der Waals surface area contributed by atoms with Crippen molar-refractivity contribution in [3.8, 4) is 0 Å². The van der Waals surface area contributed by atoms with Crippen molar-refractivity contribution in [3.05, 3.63) is 59.9 Å². The van der Waals surface area contributed by atoms with Crippen molar-refractivity contribution in [1.29, 1.82) is 0 Å². The fourth-order valence-electron chi connectivity index (χ4n) is 3.41. The van der Waals surface area contributed by atoms with Crippen LogP contribution >= 0.6 is 0 Å². The van der Waals surface area contributed by atoms with Crippen LogP contribution in [0.5, 0.6) is 0 Å². The smallest absolute Gasteiger partial charge is 0.376 e. The number of nitrogens with zero attached hydrogens (tertiary/aromatic N) is 1. The molecule has 0 aliphatic rings. The first kappa shape index (κ1) is 24.5. The van der Waals surface area contributed by atoms with Gasteiger partial charge >= 0.3 is 5.97 Å². The standard InChI is InChI=1S/C24H28N2O6S/c1-4-7-16-26(5-2)33(29,30)18-14-12-17(13-15-18)23(27)25-21-19-10-8-9-11-20(19)32-22(21)24(28)31-6-3/h8-15H,4-7,16H2,1-3H3,(H,25,27). The van der Waals surface area contributed by atoms with E-state index in [9.17, 15) is 18.0 Å². The van der Waals surface area contributed by atoms with E-state index in [-0.39, 0.29) is 28.5 Å². The van der Waals surface area contributed by atoms with Crippen LogP contribution in [0.15, 0.2) is 57.8 Å². The lowest BCUT2D eigenvalue weighted by atomic mass is 10.2. The van der Waals surface area contributed by atoms with Crippen LogP contribution in [0.4, 0.5) is 5.69 Å². The molecule has 1 aromatic heterocycles. The third kappa shape index (κ3) is 5.26. The van der Waals surface area contributed by atoms with Gasteiger partial charge in [-0.15, -0.1) is 0 Å². The summed E-state index contributed by atoms with van der Waals surface area (Å²) in [7, 11) is -3.64. The van der Waals surface area contributed by atoms with Gasteiger partial charge in [-0.1, -0.05) is 32.4 Å². The molecule has 0 spiro atoms. The van der Waals surface area contributed by atoms with Crippen molar-refractivity contribution in [3.63, 3.8) is 0 Å². The van der Waals surface area contributed by atoms with Gasteiger partial charge in [-0.2, -0.15) is 4.31 Å². The zero-order chi connectivity index (χ0) is 24.0. The molecule has 176 valence electrons. The number of hydrogen-bond donors (Lipinski definition) is 1. The lowest BCUT2D eigenvalue weighted by Gasteiger charge is -2.20. The lowest BCUT2D eigenvalue weighted by molar-refractivity contribution is 0.0494. The van der Waals surface area contributed by atoms with E-state index in [1.165, 1.54) is 28.6 Å². The number of para-hydroxylation sites is 1. The summed E-state index contributed by atoms with van der Waals surface area (Å²) in [5.41, 5.74) is 0.886. The SMILES string of the molecule is CCCCN(CC)S(=O)(=O)c1ccc(C(=O)Nc2c(C(=O)OCC)oc3ccccc23)cc1. The highest BCUT2D eigenvalue weighted by Crippen LogP contribution is 2.32. The molecule has 2 aromatic carbocycles. The molecule has 1 heterocycles. The average Bonchev–Trinajstić information content (AvgIpc) is 3.18. The number of fused-ring (bicyclic) bond motifs is 1. The van der Waals surface area contributed by atoms with Gasteiger partial charge in [0.05, 0.1) is 11.5 Å². The molecule has 3 rings (SSSR count). The second kappa shape index (κ2) is 10.6. The molecule has 0 saturated carbocycles. The number of amides is 1. The first-order valence-corrected chi connectivity index (χ1v) is 12.4. The highest BCUT2D eigenvalue weighted by atomic mass is 32.2. The molecular formula is C24H28N2O6S. The van der Waals surface area contributed by atoms with Gasteiger partial charge in [0.15, 0.2) is 0 Å². The number of unbranched alkanes of at least 4 members (excludes halogenated alkanes) is 1. The van der Waals surface area contributed by atoms with Gasteiger partial charge in [0.1, 0.15) is 11.3 Å². The Morgan fingerprint density at radius 2 is 1.73 bits per heavy atom. The normalized spacial score (nSPS) is 11.6. The summed E-state index contributed by atoms with van der Waals surface area (Å²) in [5, 5.41) is 3.27. The number of rotatable bonds is 10. The number of benzene rings is 2. The monoisotopic (exact) mass is 472 g/mol. The predicted octanol–water partition coefficient (Wildman–Crippen LogP) is 4.67. The summed E-state index contributed by atoms with van der Waals surface area (Å²) >= 11 is 0. The van der Waals surface area contributed by atoms with Crippen LogP contribution in [-0.2, 0) is 14.8 Å². The topological polar surface area (TPSA) is 106 Å². The maximum absolute atomic E-state index is 12.9. The summed E-state index contributed by atoms with van der Waals surface area (Å²) in [5.74, 6) is -1.29. The van der Waals surface area contributed by atoms with Crippen LogP contribution in [-0.4, -0.2) is 44.3 Å². The molecular weight excluding hydrogens is 444 g/mol. The van der Waals surface area contributed by atoms with Gasteiger partial charge in [0.25, 0.3) is 5.91 Å². The van der Waals surface area contributed by atoms with Crippen molar-refractivity contribution in [2.45, 2.75) is 38.5 Å². The van der Waals surface area contributed by atoms with Crippen LogP contribution in [0.2, 0.25) is 0 Å². The molecule has 33 heavy (non-hydrogen) atoms. The minimum atomic E-state index is -3.64. The van der Waals surface area contributed by atoms with Crippen LogP contribution < -0.4 is 5.32 Å². The van der Waals surface area contributed by atoms with Crippen molar-refractivity contribution < 1.29 is 27.2 Å². The van der Waals surface area contributed by atoms with Crippen LogP contribution in [0, 0.1) is 0 Å². The molecule has 0 fully saturated rings. The molecule has 8 nitrogen and oxygen atoms in total. The van der Waals surface area contributed by atoms with E-state index in [4.69, 9.17) is 9.15 Å². The Morgan fingerprint density at radius 3 is 2.36 bits per heavy atom. The fraction of sp³-hybridized carbons (Fsp3) is 0.333. The second-order valence-electron chi connectivity index (χ2n) is 7.35. The molecule has 1 N–H and O–H groups in total. The Hall–Kier alpha value is -3.17. The number of ether oxygens (including phenoxy) is 1. The molecule has 9 heteroatoms. The summed E-state index contributed by atoms with van der Waals surface area (Å²) < 4.78 is 37.9. The van der Waals surface area contributed by atoms with Crippen LogP contribution in [0.25, 0.3) is 11.0 Å². The largest absolute Gasteiger partial charge is 0.460 e. The van der Waals surface area contributed by atoms with E-state index in [0.717, 1.165) is 12.8 Å². The number of furan rings is 1. The number of anilines is 1. The number of carbonyl (C=O) groups excluding carboxylic acids is 2. The van der Waals surface area contributed by atoms with E-state index in [1.54, 1.807) is 38.1 Å². The van der Waals surface area contributed by atoms with E-state index in [2.05, 4.69) is 5.32 Å². The third-order valence-electron chi connectivity index (χ3n) is 5.16. The van der Waals surface area contributed by atoms with Gasteiger partial charge in [0.2, 0.25) is 15.8 Å². The number of esters is 1. The molecule has 0 radical (unpaired) electrons. The molecule has 0 saturated heterocycles. The zero-order valence-electron chi connectivity index (χ0n) is 19.0. The number of sulfonamides is 1. The second-order valence-corrected chi connectivity index (χ2v) is 9.29. The average molecular weight is 473 g/mol. The molecule has 0 atom stereocenters. The maximum atomic E-state index is 12.9.